The molecule has 1 aliphatic rings. The van der Waals surface area contributed by atoms with Gasteiger partial charge in [-0.25, -0.2) is 0 Å². The number of hydrogen-bond donors (Lipinski definition) is 3. The van der Waals surface area contributed by atoms with Crippen molar-refractivity contribution in [2.45, 2.75) is 32.5 Å². The number of hydrogen-bond acceptors (Lipinski definition) is 5. The maximum atomic E-state index is 10.1. The molecule has 0 aromatic heterocycles. The van der Waals surface area contributed by atoms with Crippen LogP contribution in [0, 0.1) is 0 Å². The van der Waals surface area contributed by atoms with Crippen molar-refractivity contribution in [1.82, 2.24) is 10.6 Å². The first kappa shape index (κ1) is 18.0. The highest BCUT2D eigenvalue weighted by Crippen LogP contribution is 2.18. The van der Waals surface area contributed by atoms with Crippen molar-refractivity contribution in [3.8, 4) is 5.75 Å². The van der Waals surface area contributed by atoms with E-state index in [0.717, 1.165) is 36.8 Å². The minimum atomic E-state index is -0.561. The lowest BCUT2D eigenvalue weighted by atomic mass is 10.1. The topological polar surface area (TPSA) is 65.9 Å². The molecular formula is C15H24IN3O2. The summed E-state index contributed by atoms with van der Waals surface area (Å²) in [6, 6.07) is 7.55. The first-order valence-electron chi connectivity index (χ1n) is 7.12. The number of aliphatic imine (C=N–C) groups is 1. The van der Waals surface area contributed by atoms with Crippen molar-refractivity contribution in [2.24, 2.45) is 4.99 Å². The summed E-state index contributed by atoms with van der Waals surface area (Å²) in [4.78, 5) is 4.31. The van der Waals surface area contributed by atoms with Gasteiger partial charge in [-0.3, -0.25) is 4.99 Å². The smallest absolute Gasteiger partial charge is 0.191 e. The van der Waals surface area contributed by atoms with Gasteiger partial charge in [-0.15, -0.1) is 24.0 Å². The average molecular weight is 405 g/mol. The van der Waals surface area contributed by atoms with Crippen LogP contribution in [0.4, 0.5) is 0 Å². The monoisotopic (exact) mass is 405 g/mol. The molecule has 21 heavy (non-hydrogen) atoms. The fourth-order valence-corrected chi connectivity index (χ4v) is 2.00. The molecule has 0 radical (unpaired) electrons. The molecule has 5 nitrogen and oxygen atoms in total. The molecule has 1 aliphatic heterocycles. The molecule has 6 heteroatoms. The summed E-state index contributed by atoms with van der Waals surface area (Å²) in [5.41, 5.74) is 0.866. The summed E-state index contributed by atoms with van der Waals surface area (Å²) in [7, 11) is 0. The molecule has 1 aromatic rings. The maximum absolute atomic E-state index is 10.1. The van der Waals surface area contributed by atoms with E-state index >= 15 is 0 Å². The standard InChI is InChI=1S/C15H23N3O2.HI/c1-11(2)20-13-6-4-12(5-7-13)14(19)10-18-15-16-8-3-9-17-15;/h4-7,11,14,19H,3,8-10H2,1-2H3,(H2,16,17,18);1H. The van der Waals surface area contributed by atoms with Gasteiger partial charge in [0.25, 0.3) is 0 Å². The van der Waals surface area contributed by atoms with Gasteiger partial charge in [0.1, 0.15) is 5.75 Å². The van der Waals surface area contributed by atoms with E-state index in [0.29, 0.717) is 6.54 Å². The number of rotatable bonds is 5. The summed E-state index contributed by atoms with van der Waals surface area (Å²) < 4.78 is 5.58. The van der Waals surface area contributed by atoms with Gasteiger partial charge in [-0.05, 0) is 38.0 Å². The number of ether oxygens (including phenoxy) is 1. The molecule has 0 bridgehead atoms. The summed E-state index contributed by atoms with van der Waals surface area (Å²) >= 11 is 0. The second kappa shape index (κ2) is 9.09. The Morgan fingerprint density at radius 2 is 2.05 bits per heavy atom. The van der Waals surface area contributed by atoms with Crippen LogP contribution < -0.4 is 15.4 Å². The molecule has 0 saturated heterocycles. The first-order chi connectivity index (χ1) is 9.65. The molecule has 118 valence electrons. The molecule has 1 aromatic carbocycles. The van der Waals surface area contributed by atoms with E-state index in [2.05, 4.69) is 15.6 Å². The predicted molar refractivity (Wildman–Crippen MR) is 95.5 cm³/mol. The van der Waals surface area contributed by atoms with E-state index in [1.165, 1.54) is 0 Å². The number of nitrogens with one attached hydrogen (secondary N) is 2. The summed E-state index contributed by atoms with van der Waals surface area (Å²) in [6.45, 7) is 6.20. The van der Waals surface area contributed by atoms with Crippen molar-refractivity contribution in [3.05, 3.63) is 29.8 Å². The van der Waals surface area contributed by atoms with Crippen molar-refractivity contribution in [3.63, 3.8) is 0 Å². The van der Waals surface area contributed by atoms with Gasteiger partial charge >= 0.3 is 0 Å². The zero-order valence-corrected chi connectivity index (χ0v) is 14.8. The summed E-state index contributed by atoms with van der Waals surface area (Å²) in [5.74, 6) is 1.59. The Morgan fingerprint density at radius 1 is 1.33 bits per heavy atom. The molecule has 3 N–H and O–H groups in total. The van der Waals surface area contributed by atoms with Gasteiger partial charge in [0.2, 0.25) is 0 Å². The third-order valence-electron chi connectivity index (χ3n) is 3.00. The third kappa shape index (κ3) is 6.09. The molecule has 1 heterocycles. The predicted octanol–water partition coefficient (Wildman–Crippen LogP) is 2.06. The number of aliphatic hydroxyl groups is 1. The molecule has 0 aliphatic carbocycles. The van der Waals surface area contributed by atoms with Crippen LogP contribution in [-0.4, -0.2) is 36.8 Å². The highest BCUT2D eigenvalue weighted by Gasteiger charge is 2.10. The van der Waals surface area contributed by atoms with E-state index in [-0.39, 0.29) is 30.1 Å². The molecule has 0 fully saturated rings. The molecule has 0 spiro atoms. The fourth-order valence-electron chi connectivity index (χ4n) is 2.00. The van der Waals surface area contributed by atoms with Crippen molar-refractivity contribution in [2.75, 3.05) is 19.6 Å². The number of guanidine groups is 1. The van der Waals surface area contributed by atoms with Gasteiger partial charge in [0, 0.05) is 19.6 Å². The van der Waals surface area contributed by atoms with E-state index in [4.69, 9.17) is 4.74 Å². The molecular weight excluding hydrogens is 381 g/mol. The SMILES string of the molecule is CC(C)Oc1ccc(C(O)CNC2=NCCCN2)cc1.I. The Balaban J connectivity index is 0.00000220. The van der Waals surface area contributed by atoms with Gasteiger partial charge < -0.3 is 20.5 Å². The second-order valence-electron chi connectivity index (χ2n) is 5.14. The van der Waals surface area contributed by atoms with E-state index in [9.17, 15) is 5.11 Å². The quantitative estimate of drug-likeness (QED) is 0.657. The van der Waals surface area contributed by atoms with Crippen LogP contribution in [0.15, 0.2) is 29.3 Å². The normalized spacial score (nSPS) is 15.5. The average Bonchev–Trinajstić information content (AvgIpc) is 2.46. The largest absolute Gasteiger partial charge is 0.491 e. The highest BCUT2D eigenvalue weighted by atomic mass is 127. The Morgan fingerprint density at radius 3 is 2.62 bits per heavy atom. The van der Waals surface area contributed by atoms with Crippen LogP contribution in [0.5, 0.6) is 5.75 Å². The van der Waals surface area contributed by atoms with Crippen LogP contribution in [0.2, 0.25) is 0 Å². The molecule has 0 amide bonds. The van der Waals surface area contributed by atoms with Gasteiger partial charge in [0.15, 0.2) is 5.96 Å². The summed E-state index contributed by atoms with van der Waals surface area (Å²) in [6.07, 6.45) is 0.655. The number of benzene rings is 1. The molecule has 0 saturated carbocycles. The van der Waals surface area contributed by atoms with E-state index in [1.54, 1.807) is 0 Å². The third-order valence-corrected chi connectivity index (χ3v) is 3.00. The van der Waals surface area contributed by atoms with Gasteiger partial charge in [-0.2, -0.15) is 0 Å². The number of aliphatic hydroxyl groups excluding tert-OH is 1. The van der Waals surface area contributed by atoms with E-state index in [1.807, 2.05) is 38.1 Å². The van der Waals surface area contributed by atoms with Crippen LogP contribution in [0.3, 0.4) is 0 Å². The number of halogens is 1. The Hall–Kier alpha value is -1.02. The number of nitrogens with zero attached hydrogens (tertiary/aromatic N) is 1. The van der Waals surface area contributed by atoms with Gasteiger partial charge in [-0.1, -0.05) is 12.1 Å². The zero-order valence-electron chi connectivity index (χ0n) is 12.5. The van der Waals surface area contributed by atoms with E-state index < -0.39 is 6.10 Å². The fraction of sp³-hybridized carbons (Fsp3) is 0.533. The second-order valence-corrected chi connectivity index (χ2v) is 5.14. The van der Waals surface area contributed by atoms with Crippen LogP contribution in [0.25, 0.3) is 0 Å². The Kier molecular flexibility index (Phi) is 7.81. The van der Waals surface area contributed by atoms with Crippen LogP contribution >= 0.6 is 24.0 Å². The lowest BCUT2D eigenvalue weighted by Gasteiger charge is -2.18. The maximum Gasteiger partial charge on any atom is 0.191 e. The first-order valence-corrected chi connectivity index (χ1v) is 7.12. The van der Waals surface area contributed by atoms with Crippen LogP contribution in [0.1, 0.15) is 31.9 Å². The molecule has 1 atom stereocenters. The highest BCUT2D eigenvalue weighted by molar-refractivity contribution is 14.0. The Labute approximate surface area is 143 Å². The Bertz CT molecular complexity index is 449. The minimum absolute atomic E-state index is 0. The van der Waals surface area contributed by atoms with Crippen molar-refractivity contribution in [1.29, 1.82) is 0 Å². The lowest BCUT2D eigenvalue weighted by molar-refractivity contribution is 0.180. The van der Waals surface area contributed by atoms with Crippen molar-refractivity contribution < 1.29 is 9.84 Å². The lowest BCUT2D eigenvalue weighted by Crippen LogP contribution is -2.42. The zero-order chi connectivity index (χ0) is 14.4. The molecule has 1 unspecified atom stereocenters. The van der Waals surface area contributed by atoms with Crippen LogP contribution in [-0.2, 0) is 0 Å². The molecule has 2 rings (SSSR count). The van der Waals surface area contributed by atoms with Crippen molar-refractivity contribution >= 4 is 29.9 Å². The van der Waals surface area contributed by atoms with Gasteiger partial charge in [0.05, 0.1) is 12.2 Å². The minimum Gasteiger partial charge on any atom is -0.491 e. The summed E-state index contributed by atoms with van der Waals surface area (Å²) in [5, 5.41) is 16.4.